The number of rotatable bonds is 8. The number of hydrogen-bond acceptors (Lipinski definition) is 4. The van der Waals surface area contributed by atoms with E-state index in [0.717, 1.165) is 31.2 Å². The number of sulfonamides is 1. The van der Waals surface area contributed by atoms with Crippen molar-refractivity contribution >= 4 is 15.9 Å². The van der Waals surface area contributed by atoms with E-state index < -0.39 is 15.4 Å². The van der Waals surface area contributed by atoms with Crippen molar-refractivity contribution in [1.29, 1.82) is 0 Å². The molecule has 29 heavy (non-hydrogen) atoms. The summed E-state index contributed by atoms with van der Waals surface area (Å²) >= 11 is 0. The summed E-state index contributed by atoms with van der Waals surface area (Å²) in [6, 6.07) is 16.3. The van der Waals surface area contributed by atoms with E-state index >= 15 is 0 Å². The lowest BCUT2D eigenvalue weighted by molar-refractivity contribution is -0.126. The summed E-state index contributed by atoms with van der Waals surface area (Å²) in [5.74, 6) is 0.618. The van der Waals surface area contributed by atoms with Gasteiger partial charge in [0.05, 0.1) is 16.9 Å². The van der Waals surface area contributed by atoms with E-state index in [1.54, 1.807) is 12.1 Å². The van der Waals surface area contributed by atoms with E-state index in [-0.39, 0.29) is 10.8 Å². The zero-order valence-electron chi connectivity index (χ0n) is 16.9. The summed E-state index contributed by atoms with van der Waals surface area (Å²) in [7, 11) is -0.462. The van der Waals surface area contributed by atoms with Gasteiger partial charge in [-0.1, -0.05) is 43.2 Å². The fraction of sp³-hybridized carbons (Fsp3) is 0.409. The molecule has 1 fully saturated rings. The molecular weight excluding hydrogens is 388 g/mol. The SMILES string of the molecule is CN(C)S(=O)(=O)c1ccc(OCCNC(=O)C2(c3ccccc3)CCCC2)cc1. The van der Waals surface area contributed by atoms with Crippen molar-refractivity contribution < 1.29 is 17.9 Å². The quantitative estimate of drug-likeness (QED) is 0.672. The van der Waals surface area contributed by atoms with Gasteiger partial charge in [0.25, 0.3) is 0 Å². The monoisotopic (exact) mass is 416 g/mol. The van der Waals surface area contributed by atoms with Gasteiger partial charge in [0.2, 0.25) is 15.9 Å². The van der Waals surface area contributed by atoms with Gasteiger partial charge in [-0.25, -0.2) is 12.7 Å². The highest BCUT2D eigenvalue weighted by Crippen LogP contribution is 2.41. The van der Waals surface area contributed by atoms with Gasteiger partial charge in [0.15, 0.2) is 0 Å². The number of nitrogens with zero attached hydrogens (tertiary/aromatic N) is 1. The molecule has 0 unspecified atom stereocenters. The predicted molar refractivity (Wildman–Crippen MR) is 112 cm³/mol. The van der Waals surface area contributed by atoms with Crippen LogP contribution in [0.5, 0.6) is 5.75 Å². The van der Waals surface area contributed by atoms with Crippen LogP contribution < -0.4 is 10.1 Å². The molecule has 2 aromatic carbocycles. The third kappa shape index (κ3) is 4.62. The molecule has 0 spiro atoms. The third-order valence-electron chi connectivity index (χ3n) is 5.48. The zero-order chi connectivity index (χ0) is 20.9. The molecule has 1 amide bonds. The van der Waals surface area contributed by atoms with Crippen molar-refractivity contribution in [2.24, 2.45) is 0 Å². The average Bonchev–Trinajstić information content (AvgIpc) is 3.23. The molecule has 6 nitrogen and oxygen atoms in total. The van der Waals surface area contributed by atoms with Crippen LogP contribution in [0.2, 0.25) is 0 Å². The first-order chi connectivity index (χ1) is 13.9. The van der Waals surface area contributed by atoms with Crippen LogP contribution in [0, 0.1) is 0 Å². The molecule has 1 aliphatic carbocycles. The maximum absolute atomic E-state index is 13.0. The summed E-state index contributed by atoms with van der Waals surface area (Å²) in [4.78, 5) is 13.2. The zero-order valence-corrected chi connectivity index (χ0v) is 17.7. The standard InChI is InChI=1S/C22H28N2O4S/c1-24(2)29(26,27)20-12-10-19(11-13-20)28-17-16-23-21(25)22(14-6-7-15-22)18-8-4-3-5-9-18/h3-5,8-13H,6-7,14-17H2,1-2H3,(H,23,25). The lowest BCUT2D eigenvalue weighted by Crippen LogP contribution is -2.43. The summed E-state index contributed by atoms with van der Waals surface area (Å²) in [5.41, 5.74) is 0.636. The normalized spacial score (nSPS) is 16.0. The largest absolute Gasteiger partial charge is 0.492 e. The van der Waals surface area contributed by atoms with Crippen LogP contribution >= 0.6 is 0 Å². The van der Waals surface area contributed by atoms with E-state index in [2.05, 4.69) is 5.32 Å². The van der Waals surface area contributed by atoms with Crippen LogP contribution in [0.4, 0.5) is 0 Å². The first-order valence-corrected chi connectivity index (χ1v) is 11.3. The molecule has 1 aliphatic rings. The van der Waals surface area contributed by atoms with Gasteiger partial charge >= 0.3 is 0 Å². The minimum Gasteiger partial charge on any atom is -0.492 e. The van der Waals surface area contributed by atoms with Crippen molar-refractivity contribution in [3.8, 4) is 5.75 Å². The smallest absolute Gasteiger partial charge is 0.242 e. The highest BCUT2D eigenvalue weighted by atomic mass is 32.2. The summed E-state index contributed by atoms with van der Waals surface area (Å²) in [5, 5.41) is 3.02. The van der Waals surface area contributed by atoms with Gasteiger partial charge < -0.3 is 10.1 Å². The Morgan fingerprint density at radius 3 is 2.24 bits per heavy atom. The van der Waals surface area contributed by atoms with Crippen molar-refractivity contribution in [2.75, 3.05) is 27.2 Å². The summed E-state index contributed by atoms with van der Waals surface area (Å²) in [6.45, 7) is 0.710. The molecule has 0 atom stereocenters. The Morgan fingerprint density at radius 1 is 1.03 bits per heavy atom. The van der Waals surface area contributed by atoms with Crippen molar-refractivity contribution in [1.82, 2.24) is 9.62 Å². The second kappa shape index (κ2) is 8.97. The number of carbonyl (C=O) groups is 1. The molecule has 0 bridgehead atoms. The minimum absolute atomic E-state index is 0.0530. The molecule has 2 aromatic rings. The van der Waals surface area contributed by atoms with Crippen LogP contribution in [0.15, 0.2) is 59.5 Å². The molecule has 0 radical (unpaired) electrons. The number of ether oxygens (including phenoxy) is 1. The Kier molecular flexibility index (Phi) is 6.59. The molecule has 7 heteroatoms. The lowest BCUT2D eigenvalue weighted by atomic mass is 9.78. The van der Waals surface area contributed by atoms with Crippen molar-refractivity contribution in [2.45, 2.75) is 36.0 Å². The third-order valence-corrected chi connectivity index (χ3v) is 7.31. The fourth-order valence-corrected chi connectivity index (χ4v) is 4.71. The number of hydrogen-bond donors (Lipinski definition) is 1. The Labute approximate surface area is 172 Å². The van der Waals surface area contributed by atoms with Gasteiger partial charge in [-0.2, -0.15) is 0 Å². The maximum atomic E-state index is 13.0. The molecule has 0 aliphatic heterocycles. The first kappa shape index (κ1) is 21.3. The van der Waals surface area contributed by atoms with Crippen LogP contribution in [0.1, 0.15) is 31.2 Å². The minimum atomic E-state index is -3.45. The lowest BCUT2D eigenvalue weighted by Gasteiger charge is -2.28. The molecule has 156 valence electrons. The first-order valence-electron chi connectivity index (χ1n) is 9.85. The van der Waals surface area contributed by atoms with Gasteiger partial charge in [-0.3, -0.25) is 4.79 Å². The highest BCUT2D eigenvalue weighted by Gasteiger charge is 2.42. The van der Waals surface area contributed by atoms with Gasteiger partial charge in [0.1, 0.15) is 12.4 Å². The molecule has 3 rings (SSSR count). The van der Waals surface area contributed by atoms with E-state index in [1.165, 1.54) is 30.5 Å². The molecule has 0 heterocycles. The number of carbonyl (C=O) groups excluding carboxylic acids is 1. The Morgan fingerprint density at radius 2 is 1.66 bits per heavy atom. The van der Waals surface area contributed by atoms with Crippen LogP contribution in [0.25, 0.3) is 0 Å². The molecule has 0 aromatic heterocycles. The van der Waals surface area contributed by atoms with Crippen molar-refractivity contribution in [3.63, 3.8) is 0 Å². The molecule has 1 saturated carbocycles. The second-order valence-corrected chi connectivity index (χ2v) is 9.67. The van der Waals surface area contributed by atoms with E-state index in [4.69, 9.17) is 4.74 Å². The molecule has 1 N–H and O–H groups in total. The van der Waals surface area contributed by atoms with E-state index in [0.29, 0.717) is 18.9 Å². The fourth-order valence-electron chi connectivity index (χ4n) is 3.80. The number of amides is 1. The van der Waals surface area contributed by atoms with Crippen LogP contribution in [-0.4, -0.2) is 45.9 Å². The van der Waals surface area contributed by atoms with Gasteiger partial charge in [0, 0.05) is 14.1 Å². The molecule has 0 saturated heterocycles. The van der Waals surface area contributed by atoms with Crippen molar-refractivity contribution in [3.05, 3.63) is 60.2 Å². The summed E-state index contributed by atoms with van der Waals surface area (Å²) in [6.07, 6.45) is 3.85. The van der Waals surface area contributed by atoms with Crippen LogP contribution in [0.3, 0.4) is 0 Å². The Bertz CT molecular complexity index is 919. The topological polar surface area (TPSA) is 75.7 Å². The average molecular weight is 417 g/mol. The highest BCUT2D eigenvalue weighted by molar-refractivity contribution is 7.89. The molecular formula is C22H28N2O4S. The second-order valence-electron chi connectivity index (χ2n) is 7.52. The summed E-state index contributed by atoms with van der Waals surface area (Å²) < 4.78 is 31.0. The van der Waals surface area contributed by atoms with Crippen LogP contribution in [-0.2, 0) is 20.2 Å². The van der Waals surface area contributed by atoms with E-state index in [1.807, 2.05) is 30.3 Å². The van der Waals surface area contributed by atoms with Gasteiger partial charge in [-0.15, -0.1) is 0 Å². The number of benzene rings is 2. The maximum Gasteiger partial charge on any atom is 0.242 e. The van der Waals surface area contributed by atoms with E-state index in [9.17, 15) is 13.2 Å². The Balaban J connectivity index is 1.54. The Hall–Kier alpha value is -2.38. The van der Waals surface area contributed by atoms with Gasteiger partial charge in [-0.05, 0) is 42.7 Å². The predicted octanol–water partition coefficient (Wildman–Crippen LogP) is 2.94. The number of nitrogens with one attached hydrogen (secondary N) is 1.